The molecule has 2 aliphatic heterocycles. The Morgan fingerprint density at radius 3 is 2.70 bits per heavy atom. The van der Waals surface area contributed by atoms with Crippen molar-refractivity contribution in [1.29, 1.82) is 0 Å². The minimum Gasteiger partial charge on any atom is -0.381 e. The zero-order chi connectivity index (χ0) is 16.3. The number of hydrogen-bond donors (Lipinski definition) is 2. The molecule has 3 N–H and O–H groups in total. The van der Waals surface area contributed by atoms with E-state index < -0.39 is 11.6 Å². The van der Waals surface area contributed by atoms with Crippen molar-refractivity contribution in [1.82, 2.24) is 10.2 Å². The van der Waals surface area contributed by atoms with Gasteiger partial charge in [-0.1, -0.05) is 30.3 Å². The van der Waals surface area contributed by atoms with Gasteiger partial charge in [0.05, 0.1) is 5.54 Å². The molecular weight excluding hydrogens is 294 g/mol. The minimum atomic E-state index is -0.911. The fourth-order valence-corrected chi connectivity index (χ4v) is 3.10. The van der Waals surface area contributed by atoms with Gasteiger partial charge in [-0.2, -0.15) is 0 Å². The van der Waals surface area contributed by atoms with Gasteiger partial charge in [0.2, 0.25) is 11.8 Å². The van der Waals surface area contributed by atoms with Crippen LogP contribution < -0.4 is 11.1 Å². The molecule has 2 amide bonds. The summed E-state index contributed by atoms with van der Waals surface area (Å²) in [7, 11) is 0. The van der Waals surface area contributed by atoms with Crippen molar-refractivity contribution in [2.75, 3.05) is 19.8 Å². The molecule has 0 bridgehead atoms. The first-order valence-electron chi connectivity index (χ1n) is 8.09. The number of amides is 2. The summed E-state index contributed by atoms with van der Waals surface area (Å²) >= 11 is 0. The van der Waals surface area contributed by atoms with Crippen molar-refractivity contribution < 1.29 is 14.3 Å². The Labute approximate surface area is 136 Å². The van der Waals surface area contributed by atoms with Gasteiger partial charge in [-0.15, -0.1) is 0 Å². The minimum absolute atomic E-state index is 0.0298. The summed E-state index contributed by atoms with van der Waals surface area (Å²) in [5, 5.41) is 2.84. The van der Waals surface area contributed by atoms with Crippen LogP contribution in [-0.4, -0.2) is 48.1 Å². The zero-order valence-electron chi connectivity index (χ0n) is 13.2. The molecule has 2 heterocycles. The van der Waals surface area contributed by atoms with E-state index in [0.29, 0.717) is 45.6 Å². The van der Waals surface area contributed by atoms with Crippen LogP contribution in [-0.2, 0) is 20.9 Å². The molecule has 6 heteroatoms. The molecule has 1 aromatic rings. The highest BCUT2D eigenvalue weighted by atomic mass is 16.5. The average Bonchev–Trinajstić information content (AvgIpc) is 2.90. The lowest BCUT2D eigenvalue weighted by atomic mass is 9.90. The Bertz CT molecular complexity index is 570. The fraction of sp³-hybridized carbons (Fsp3) is 0.529. The molecule has 0 aliphatic carbocycles. The number of carbonyl (C=O) groups is 2. The first-order valence-corrected chi connectivity index (χ1v) is 8.09. The normalized spacial score (nSPS) is 23.8. The monoisotopic (exact) mass is 317 g/mol. The molecule has 2 aliphatic rings. The first kappa shape index (κ1) is 16.0. The van der Waals surface area contributed by atoms with Gasteiger partial charge in [0, 0.05) is 26.3 Å². The van der Waals surface area contributed by atoms with Crippen LogP contribution in [0.5, 0.6) is 0 Å². The van der Waals surface area contributed by atoms with E-state index in [2.05, 4.69) is 5.32 Å². The molecule has 0 aromatic heterocycles. The van der Waals surface area contributed by atoms with Crippen molar-refractivity contribution in [3.63, 3.8) is 0 Å². The molecule has 0 radical (unpaired) electrons. The van der Waals surface area contributed by atoms with E-state index in [4.69, 9.17) is 10.5 Å². The molecule has 23 heavy (non-hydrogen) atoms. The SMILES string of the molecule is NC1(C(=O)NC2CCN(Cc3ccccc3)C2=O)CCOCC1. The number of ether oxygens (including phenoxy) is 1. The largest absolute Gasteiger partial charge is 0.381 e. The number of carbonyl (C=O) groups excluding carboxylic acids is 2. The average molecular weight is 317 g/mol. The topological polar surface area (TPSA) is 84.7 Å². The van der Waals surface area contributed by atoms with Crippen molar-refractivity contribution in [2.24, 2.45) is 5.73 Å². The Morgan fingerprint density at radius 1 is 1.30 bits per heavy atom. The van der Waals surface area contributed by atoms with Crippen molar-refractivity contribution in [3.05, 3.63) is 35.9 Å². The van der Waals surface area contributed by atoms with Crippen LogP contribution in [0.25, 0.3) is 0 Å². The van der Waals surface area contributed by atoms with E-state index in [0.717, 1.165) is 5.56 Å². The second-order valence-electron chi connectivity index (χ2n) is 6.33. The molecule has 1 atom stereocenters. The highest BCUT2D eigenvalue weighted by Gasteiger charge is 2.40. The van der Waals surface area contributed by atoms with Crippen LogP contribution in [0.3, 0.4) is 0 Å². The summed E-state index contributed by atoms with van der Waals surface area (Å²) in [6.45, 7) is 2.21. The van der Waals surface area contributed by atoms with Crippen molar-refractivity contribution >= 4 is 11.8 Å². The van der Waals surface area contributed by atoms with Crippen LogP contribution in [0.2, 0.25) is 0 Å². The van der Waals surface area contributed by atoms with Gasteiger partial charge in [0.15, 0.2) is 0 Å². The number of rotatable bonds is 4. The third-order valence-electron chi connectivity index (χ3n) is 4.66. The van der Waals surface area contributed by atoms with Gasteiger partial charge in [0.25, 0.3) is 0 Å². The molecule has 6 nitrogen and oxygen atoms in total. The predicted octanol–water partition coefficient (Wildman–Crippen LogP) is 0.412. The summed E-state index contributed by atoms with van der Waals surface area (Å²) in [5.41, 5.74) is 6.35. The summed E-state index contributed by atoms with van der Waals surface area (Å²) in [6.07, 6.45) is 1.62. The summed E-state index contributed by atoms with van der Waals surface area (Å²) in [5.74, 6) is -0.265. The molecular formula is C17H23N3O3. The Morgan fingerprint density at radius 2 is 2.00 bits per heavy atom. The Kier molecular flexibility index (Phi) is 4.63. The highest BCUT2D eigenvalue weighted by Crippen LogP contribution is 2.20. The van der Waals surface area contributed by atoms with Gasteiger partial charge in [0.1, 0.15) is 6.04 Å². The zero-order valence-corrected chi connectivity index (χ0v) is 13.2. The highest BCUT2D eigenvalue weighted by molar-refractivity contribution is 5.93. The maximum Gasteiger partial charge on any atom is 0.245 e. The van der Waals surface area contributed by atoms with E-state index >= 15 is 0 Å². The van der Waals surface area contributed by atoms with Crippen molar-refractivity contribution in [2.45, 2.75) is 37.4 Å². The number of nitrogens with two attached hydrogens (primary N) is 1. The van der Waals surface area contributed by atoms with Crippen molar-refractivity contribution in [3.8, 4) is 0 Å². The number of likely N-dealkylation sites (tertiary alicyclic amines) is 1. The van der Waals surface area contributed by atoms with Gasteiger partial charge < -0.3 is 20.7 Å². The van der Waals surface area contributed by atoms with E-state index in [1.807, 2.05) is 30.3 Å². The molecule has 0 spiro atoms. The fourth-order valence-electron chi connectivity index (χ4n) is 3.10. The smallest absolute Gasteiger partial charge is 0.245 e. The lowest BCUT2D eigenvalue weighted by Gasteiger charge is -2.32. The third kappa shape index (κ3) is 3.54. The lowest BCUT2D eigenvalue weighted by Crippen LogP contribution is -2.59. The predicted molar refractivity (Wildman–Crippen MR) is 85.4 cm³/mol. The second kappa shape index (κ2) is 6.68. The Hall–Kier alpha value is -1.92. The third-order valence-corrected chi connectivity index (χ3v) is 4.66. The maximum atomic E-state index is 12.5. The first-order chi connectivity index (χ1) is 11.1. The van der Waals surface area contributed by atoms with Gasteiger partial charge in [-0.3, -0.25) is 9.59 Å². The van der Waals surface area contributed by atoms with Crippen LogP contribution in [0.4, 0.5) is 0 Å². The van der Waals surface area contributed by atoms with Gasteiger partial charge in [-0.25, -0.2) is 0 Å². The molecule has 2 saturated heterocycles. The summed E-state index contributed by atoms with van der Waals surface area (Å²) < 4.78 is 5.25. The van der Waals surface area contributed by atoms with Crippen LogP contribution >= 0.6 is 0 Å². The number of nitrogens with one attached hydrogen (secondary N) is 1. The summed E-state index contributed by atoms with van der Waals surface area (Å²) in [6, 6.07) is 9.39. The quantitative estimate of drug-likeness (QED) is 0.842. The molecule has 124 valence electrons. The number of hydrogen-bond acceptors (Lipinski definition) is 4. The van der Waals surface area contributed by atoms with Crippen LogP contribution in [0.1, 0.15) is 24.8 Å². The molecule has 0 saturated carbocycles. The van der Waals surface area contributed by atoms with E-state index in [-0.39, 0.29) is 11.8 Å². The van der Waals surface area contributed by atoms with Gasteiger partial charge in [-0.05, 0) is 24.8 Å². The van der Waals surface area contributed by atoms with E-state index in [1.165, 1.54) is 0 Å². The molecule has 3 rings (SSSR count). The molecule has 2 fully saturated rings. The molecule has 1 aromatic carbocycles. The maximum absolute atomic E-state index is 12.5. The summed E-state index contributed by atoms with van der Waals surface area (Å²) in [4.78, 5) is 26.7. The van der Waals surface area contributed by atoms with Gasteiger partial charge >= 0.3 is 0 Å². The number of nitrogens with zero attached hydrogens (tertiary/aromatic N) is 1. The van der Waals surface area contributed by atoms with E-state index in [1.54, 1.807) is 4.90 Å². The molecule has 1 unspecified atom stereocenters. The van der Waals surface area contributed by atoms with Crippen LogP contribution in [0, 0.1) is 0 Å². The lowest BCUT2D eigenvalue weighted by molar-refractivity contribution is -0.136. The standard InChI is InChI=1S/C17H23N3O3/c18-17(7-10-23-11-8-17)16(22)19-14-6-9-20(15(14)21)12-13-4-2-1-3-5-13/h1-5,14H,6-12,18H2,(H,19,22). The number of benzene rings is 1. The second-order valence-corrected chi connectivity index (χ2v) is 6.33. The van der Waals surface area contributed by atoms with E-state index in [9.17, 15) is 9.59 Å². The van der Waals surface area contributed by atoms with Crippen LogP contribution in [0.15, 0.2) is 30.3 Å². The Balaban J connectivity index is 1.57.